The number of ether oxygens (including phenoxy) is 6. The number of fused-ring (bicyclic) bond motifs is 1. The van der Waals surface area contributed by atoms with Gasteiger partial charge in [-0.3, -0.25) is 0 Å². The molecule has 0 aliphatic carbocycles. The lowest BCUT2D eigenvalue weighted by molar-refractivity contribution is -0.365. The van der Waals surface area contributed by atoms with Crippen molar-refractivity contribution in [3.63, 3.8) is 0 Å². The lowest BCUT2D eigenvalue weighted by Gasteiger charge is -2.48. The molecule has 0 N–H and O–H groups in total. The molecule has 4 rings (SSSR count). The average molecular weight is 447 g/mol. The summed E-state index contributed by atoms with van der Waals surface area (Å²) in [6.45, 7) is 11.1. The van der Waals surface area contributed by atoms with Gasteiger partial charge < -0.3 is 28.4 Å². The molecule has 0 amide bonds. The molecule has 3 aliphatic heterocycles. The molecule has 3 heterocycles. The number of hydrogen-bond donors (Lipinski definition) is 0. The lowest BCUT2D eigenvalue weighted by atomic mass is 9.97. The molecular formula is C24H34O6Si. The maximum absolute atomic E-state index is 6.40. The first kappa shape index (κ1) is 22.9. The van der Waals surface area contributed by atoms with Gasteiger partial charge in [-0.25, -0.2) is 0 Å². The summed E-state index contributed by atoms with van der Waals surface area (Å²) in [5.74, 6) is 0. The Morgan fingerprint density at radius 2 is 1.71 bits per heavy atom. The third kappa shape index (κ3) is 4.73. The van der Waals surface area contributed by atoms with Crippen molar-refractivity contribution in [2.45, 2.75) is 62.1 Å². The summed E-state index contributed by atoms with van der Waals surface area (Å²) in [4.78, 5) is 0. The van der Waals surface area contributed by atoms with Crippen molar-refractivity contribution in [1.82, 2.24) is 0 Å². The van der Waals surface area contributed by atoms with Crippen molar-refractivity contribution < 1.29 is 28.4 Å². The van der Waals surface area contributed by atoms with Gasteiger partial charge in [0.05, 0.1) is 27.9 Å². The van der Waals surface area contributed by atoms with Crippen LogP contribution in [0, 0.1) is 0 Å². The predicted octanol–water partition coefficient (Wildman–Crippen LogP) is 3.30. The summed E-state index contributed by atoms with van der Waals surface area (Å²) in [6.07, 6.45) is 2.26. The van der Waals surface area contributed by atoms with Crippen molar-refractivity contribution >= 4 is 13.3 Å². The predicted molar refractivity (Wildman–Crippen MR) is 121 cm³/mol. The van der Waals surface area contributed by atoms with Gasteiger partial charge in [0.25, 0.3) is 0 Å². The Labute approximate surface area is 186 Å². The zero-order valence-corrected chi connectivity index (χ0v) is 19.5. The van der Waals surface area contributed by atoms with Crippen molar-refractivity contribution in [2.75, 3.05) is 26.9 Å². The summed E-state index contributed by atoms with van der Waals surface area (Å²) in [5, 5.41) is 1.52. The summed E-state index contributed by atoms with van der Waals surface area (Å²) in [6, 6.07) is 11.6. The monoisotopic (exact) mass is 446 g/mol. The highest BCUT2D eigenvalue weighted by molar-refractivity contribution is 6.92. The zero-order valence-electron chi connectivity index (χ0n) is 18.5. The van der Waals surface area contributed by atoms with E-state index in [9.17, 15) is 0 Å². The van der Waals surface area contributed by atoms with Crippen LogP contribution in [0.1, 0.15) is 18.3 Å². The van der Waals surface area contributed by atoms with Gasteiger partial charge in [0.2, 0.25) is 0 Å². The molecule has 3 saturated heterocycles. The van der Waals surface area contributed by atoms with Crippen molar-refractivity contribution in [3.8, 4) is 0 Å². The Morgan fingerprint density at radius 1 is 1.03 bits per heavy atom. The maximum atomic E-state index is 6.40. The molecule has 3 fully saturated rings. The normalized spacial score (nSPS) is 34.4. The van der Waals surface area contributed by atoms with Crippen LogP contribution < -0.4 is 5.19 Å². The molecule has 0 saturated carbocycles. The van der Waals surface area contributed by atoms with Gasteiger partial charge in [-0.15, -0.1) is 13.2 Å². The fraction of sp³-hybridized carbons (Fsp3) is 0.583. The third-order valence-corrected chi connectivity index (χ3v) is 11.3. The van der Waals surface area contributed by atoms with E-state index in [4.69, 9.17) is 28.4 Å². The van der Waals surface area contributed by atoms with Crippen molar-refractivity contribution in [1.29, 1.82) is 0 Å². The van der Waals surface area contributed by atoms with Gasteiger partial charge in [0.15, 0.2) is 12.6 Å². The second kappa shape index (κ2) is 10.1. The van der Waals surface area contributed by atoms with E-state index in [1.54, 1.807) is 19.3 Å². The third-order valence-electron chi connectivity index (χ3n) is 6.67. The smallest absolute Gasteiger partial charge is 0.186 e. The highest BCUT2D eigenvalue weighted by Crippen LogP contribution is 2.37. The molecule has 0 aromatic heterocycles. The highest BCUT2D eigenvalue weighted by Gasteiger charge is 2.51. The molecule has 0 bridgehead atoms. The second-order valence-corrected chi connectivity index (χ2v) is 13.5. The lowest BCUT2D eigenvalue weighted by Crippen LogP contribution is -2.63. The Morgan fingerprint density at radius 3 is 2.29 bits per heavy atom. The first-order valence-corrected chi connectivity index (χ1v) is 14.0. The minimum Gasteiger partial charge on any atom is -0.368 e. The van der Waals surface area contributed by atoms with Crippen molar-refractivity contribution in [3.05, 3.63) is 55.1 Å². The Hall–Kier alpha value is -1.32. The molecule has 0 unspecified atom stereocenters. The van der Waals surface area contributed by atoms with Crippen LogP contribution in [0.5, 0.6) is 0 Å². The molecule has 0 radical (unpaired) electrons. The van der Waals surface area contributed by atoms with E-state index >= 15 is 0 Å². The molecule has 7 heteroatoms. The van der Waals surface area contributed by atoms with E-state index in [0.29, 0.717) is 19.8 Å². The topological polar surface area (TPSA) is 55.4 Å². The molecule has 0 spiro atoms. The molecule has 1 aromatic carbocycles. The summed E-state index contributed by atoms with van der Waals surface area (Å²) in [5.41, 5.74) is 1.01. The van der Waals surface area contributed by atoms with Crippen LogP contribution in [0.15, 0.2) is 49.6 Å². The van der Waals surface area contributed by atoms with E-state index in [2.05, 4.69) is 44.0 Å². The van der Waals surface area contributed by atoms with Crippen LogP contribution in [0.25, 0.3) is 0 Å². The van der Waals surface area contributed by atoms with Crippen LogP contribution in [-0.2, 0) is 28.4 Å². The van der Waals surface area contributed by atoms with Gasteiger partial charge in [-0.2, -0.15) is 0 Å². The average Bonchev–Trinajstić information content (AvgIpc) is 2.79. The SMILES string of the molecule is C=CCO[C@@H]1[C@@H](OCC=C)[C@@H](OC)O[C@@H]2CO[C@@H](c3ccc([Si]4(C)CCC4)cc3)O[C@@H]12. The quantitative estimate of drug-likeness (QED) is 0.429. The molecule has 6 nitrogen and oxygen atoms in total. The number of methoxy groups -OCH3 is 1. The van der Waals surface area contributed by atoms with Crippen LogP contribution in [0.3, 0.4) is 0 Å². The molecule has 1 aromatic rings. The van der Waals surface area contributed by atoms with E-state index in [0.717, 1.165) is 5.56 Å². The number of rotatable bonds is 9. The Kier molecular flexibility index (Phi) is 7.43. The van der Waals surface area contributed by atoms with Crippen LogP contribution in [0.2, 0.25) is 18.6 Å². The molecule has 170 valence electrons. The fourth-order valence-corrected chi connectivity index (χ4v) is 7.63. The van der Waals surface area contributed by atoms with Gasteiger partial charge >= 0.3 is 0 Å². The Bertz CT molecular complexity index is 749. The Balaban J connectivity index is 1.51. The summed E-state index contributed by atoms with van der Waals surface area (Å²) in [7, 11) is 0.395. The van der Waals surface area contributed by atoms with E-state index in [-0.39, 0.29) is 18.3 Å². The van der Waals surface area contributed by atoms with Crippen molar-refractivity contribution in [2.24, 2.45) is 0 Å². The van der Waals surface area contributed by atoms with Crippen LogP contribution in [0.4, 0.5) is 0 Å². The molecular weight excluding hydrogens is 412 g/mol. The standard InChI is InChI=1S/C24H34O6Si/c1-5-12-26-21-20-19(29-24(25-3)22(21)27-13-6-2)16-28-23(30-20)17-8-10-18(11-9-17)31(4)14-7-15-31/h5-6,8-11,19-24H,1-2,7,12-16H2,3-4H3/t19-,20-,21+,22-,23-,24+/m1/s1. The second-order valence-electron chi connectivity index (χ2n) is 8.75. The molecule has 3 aliphatic rings. The summed E-state index contributed by atoms with van der Waals surface area (Å²) < 4.78 is 36.1. The molecule has 31 heavy (non-hydrogen) atoms. The van der Waals surface area contributed by atoms with Gasteiger partial charge in [-0.1, -0.05) is 66.7 Å². The first-order chi connectivity index (χ1) is 15.1. The van der Waals surface area contributed by atoms with Gasteiger partial charge in [0, 0.05) is 12.7 Å². The highest BCUT2D eigenvalue weighted by atomic mass is 28.3. The van der Waals surface area contributed by atoms with Crippen LogP contribution in [-0.4, -0.2) is 65.7 Å². The van der Waals surface area contributed by atoms with Gasteiger partial charge in [0.1, 0.15) is 24.4 Å². The minimum atomic E-state index is -1.20. The van der Waals surface area contributed by atoms with E-state index in [1.165, 1.54) is 23.7 Å². The van der Waals surface area contributed by atoms with Gasteiger partial charge in [-0.05, 0) is 0 Å². The largest absolute Gasteiger partial charge is 0.368 e. The fourth-order valence-electron chi connectivity index (χ4n) is 4.67. The minimum absolute atomic E-state index is 0.305. The van der Waals surface area contributed by atoms with E-state index in [1.807, 2.05) is 0 Å². The first-order valence-electron chi connectivity index (χ1n) is 11.1. The number of benzene rings is 1. The van der Waals surface area contributed by atoms with E-state index < -0.39 is 26.8 Å². The number of hydrogen-bond acceptors (Lipinski definition) is 6. The summed E-state index contributed by atoms with van der Waals surface area (Å²) >= 11 is 0. The van der Waals surface area contributed by atoms with Crippen LogP contribution >= 0.6 is 0 Å². The molecule has 6 atom stereocenters. The maximum Gasteiger partial charge on any atom is 0.186 e. The zero-order chi connectivity index (χ0) is 21.8.